The summed E-state index contributed by atoms with van der Waals surface area (Å²) in [4.78, 5) is 5.33. The number of nitrogens with zero attached hydrogens (tertiary/aromatic N) is 1. The first-order valence-electron chi connectivity index (χ1n) is 6.01. The van der Waals surface area contributed by atoms with Crippen LogP contribution in [0, 0.1) is 6.92 Å². The predicted molar refractivity (Wildman–Crippen MR) is 73.0 cm³/mol. The second kappa shape index (κ2) is 6.38. The Morgan fingerprint density at radius 3 is 2.75 bits per heavy atom. The van der Waals surface area contributed by atoms with E-state index in [1.54, 1.807) is 0 Å². The first-order valence-corrected chi connectivity index (χ1v) is 6.83. The highest BCUT2D eigenvalue weighted by Gasteiger charge is 2.11. The van der Waals surface area contributed by atoms with Crippen LogP contribution in [0.1, 0.15) is 35.6 Å². The highest BCUT2D eigenvalue weighted by Crippen LogP contribution is 2.23. The summed E-state index contributed by atoms with van der Waals surface area (Å²) in [6.07, 6.45) is 1.21. The SMILES string of the molecule is CCC(C)N(C)Cc1cc(CNC)sc1C. The molecule has 1 unspecified atom stereocenters. The smallest absolute Gasteiger partial charge is 0.0296 e. The van der Waals surface area contributed by atoms with Crippen LogP contribution in [-0.4, -0.2) is 25.0 Å². The summed E-state index contributed by atoms with van der Waals surface area (Å²) in [7, 11) is 4.21. The molecular formula is C13H24N2S. The molecule has 0 bridgehead atoms. The minimum Gasteiger partial charge on any atom is -0.315 e. The number of nitrogens with one attached hydrogen (secondary N) is 1. The minimum atomic E-state index is 0.659. The fourth-order valence-corrected chi connectivity index (χ4v) is 2.81. The largest absolute Gasteiger partial charge is 0.315 e. The van der Waals surface area contributed by atoms with Gasteiger partial charge in [-0.1, -0.05) is 6.92 Å². The van der Waals surface area contributed by atoms with Crippen LogP contribution < -0.4 is 5.32 Å². The first kappa shape index (κ1) is 13.7. The molecule has 0 saturated carbocycles. The molecule has 0 aliphatic heterocycles. The summed E-state index contributed by atoms with van der Waals surface area (Å²) < 4.78 is 0. The van der Waals surface area contributed by atoms with Crippen molar-refractivity contribution in [3.63, 3.8) is 0 Å². The quantitative estimate of drug-likeness (QED) is 0.822. The standard InChI is InChI=1S/C13H24N2S/c1-6-10(2)15(5)9-12-7-13(8-14-4)16-11(12)3/h7,10,14H,6,8-9H2,1-5H3. The zero-order chi connectivity index (χ0) is 12.1. The molecule has 1 aromatic rings. The molecule has 1 aromatic heterocycles. The molecule has 0 saturated heterocycles. The van der Waals surface area contributed by atoms with Gasteiger partial charge in [-0.25, -0.2) is 0 Å². The molecule has 1 rings (SSSR count). The van der Waals surface area contributed by atoms with Gasteiger partial charge in [-0.2, -0.15) is 0 Å². The maximum Gasteiger partial charge on any atom is 0.0296 e. The van der Waals surface area contributed by atoms with Crippen LogP contribution in [0.3, 0.4) is 0 Å². The summed E-state index contributed by atoms with van der Waals surface area (Å²) in [5.41, 5.74) is 1.48. The lowest BCUT2D eigenvalue weighted by Gasteiger charge is -2.23. The predicted octanol–water partition coefficient (Wildman–Crippen LogP) is 3.01. The Balaban J connectivity index is 2.65. The van der Waals surface area contributed by atoms with Crippen molar-refractivity contribution in [2.75, 3.05) is 14.1 Å². The van der Waals surface area contributed by atoms with E-state index in [0.717, 1.165) is 13.1 Å². The third-order valence-electron chi connectivity index (χ3n) is 3.19. The van der Waals surface area contributed by atoms with Crippen molar-refractivity contribution in [2.24, 2.45) is 0 Å². The van der Waals surface area contributed by atoms with Crippen LogP contribution in [0.2, 0.25) is 0 Å². The number of hydrogen-bond acceptors (Lipinski definition) is 3. The number of thiophene rings is 1. The van der Waals surface area contributed by atoms with Crippen molar-refractivity contribution in [1.29, 1.82) is 0 Å². The summed E-state index contributed by atoms with van der Waals surface area (Å²) in [6, 6.07) is 3.00. The molecule has 0 radical (unpaired) electrons. The average molecular weight is 240 g/mol. The van der Waals surface area contributed by atoms with Gasteiger partial charge in [0, 0.05) is 28.9 Å². The fourth-order valence-electron chi connectivity index (χ4n) is 1.74. The van der Waals surface area contributed by atoms with Gasteiger partial charge in [-0.15, -0.1) is 11.3 Å². The van der Waals surface area contributed by atoms with E-state index in [0.29, 0.717) is 6.04 Å². The normalized spacial score (nSPS) is 13.4. The molecule has 1 atom stereocenters. The second-order valence-corrected chi connectivity index (χ2v) is 5.84. The van der Waals surface area contributed by atoms with Crippen LogP contribution in [0.5, 0.6) is 0 Å². The molecule has 0 aromatic carbocycles. The number of aryl methyl sites for hydroxylation is 1. The summed E-state index contributed by atoms with van der Waals surface area (Å²) >= 11 is 1.91. The Bertz CT molecular complexity index is 320. The van der Waals surface area contributed by atoms with Gasteiger partial charge < -0.3 is 5.32 Å². The topological polar surface area (TPSA) is 15.3 Å². The highest BCUT2D eigenvalue weighted by atomic mass is 32.1. The van der Waals surface area contributed by atoms with E-state index in [1.165, 1.54) is 21.7 Å². The van der Waals surface area contributed by atoms with Gasteiger partial charge in [0.05, 0.1) is 0 Å². The summed E-state index contributed by atoms with van der Waals surface area (Å²) in [5.74, 6) is 0. The molecule has 92 valence electrons. The number of rotatable bonds is 6. The van der Waals surface area contributed by atoms with E-state index in [2.05, 4.69) is 44.1 Å². The lowest BCUT2D eigenvalue weighted by Crippen LogP contribution is -2.27. The molecule has 16 heavy (non-hydrogen) atoms. The van der Waals surface area contributed by atoms with E-state index >= 15 is 0 Å². The molecule has 0 amide bonds. The lowest BCUT2D eigenvalue weighted by atomic mass is 10.2. The third kappa shape index (κ3) is 3.58. The molecule has 0 spiro atoms. The highest BCUT2D eigenvalue weighted by molar-refractivity contribution is 7.12. The van der Waals surface area contributed by atoms with Crippen LogP contribution in [-0.2, 0) is 13.1 Å². The van der Waals surface area contributed by atoms with Gasteiger partial charge in [0.1, 0.15) is 0 Å². The van der Waals surface area contributed by atoms with E-state index < -0.39 is 0 Å². The Morgan fingerprint density at radius 1 is 1.50 bits per heavy atom. The molecule has 0 fully saturated rings. The third-order valence-corrected chi connectivity index (χ3v) is 4.28. The van der Waals surface area contributed by atoms with Crippen molar-refractivity contribution >= 4 is 11.3 Å². The van der Waals surface area contributed by atoms with E-state index in [9.17, 15) is 0 Å². The van der Waals surface area contributed by atoms with Crippen molar-refractivity contribution < 1.29 is 0 Å². The molecule has 0 aliphatic carbocycles. The Morgan fingerprint density at radius 2 is 2.19 bits per heavy atom. The van der Waals surface area contributed by atoms with Crippen molar-refractivity contribution in [3.05, 3.63) is 21.4 Å². The molecule has 2 nitrogen and oxygen atoms in total. The molecule has 3 heteroatoms. The number of hydrogen-bond donors (Lipinski definition) is 1. The maximum absolute atomic E-state index is 3.21. The van der Waals surface area contributed by atoms with E-state index in [-0.39, 0.29) is 0 Å². The van der Waals surface area contributed by atoms with E-state index in [1.807, 2.05) is 18.4 Å². The Hall–Kier alpha value is -0.380. The molecule has 1 N–H and O–H groups in total. The fraction of sp³-hybridized carbons (Fsp3) is 0.692. The zero-order valence-electron chi connectivity index (χ0n) is 11.1. The van der Waals surface area contributed by atoms with Crippen LogP contribution in [0.4, 0.5) is 0 Å². The van der Waals surface area contributed by atoms with Crippen molar-refractivity contribution in [1.82, 2.24) is 10.2 Å². The van der Waals surface area contributed by atoms with Crippen molar-refractivity contribution in [2.45, 2.75) is 46.3 Å². The second-order valence-electron chi connectivity index (χ2n) is 4.50. The van der Waals surface area contributed by atoms with Gasteiger partial charge in [0.2, 0.25) is 0 Å². The van der Waals surface area contributed by atoms with Crippen LogP contribution >= 0.6 is 11.3 Å². The molecular weight excluding hydrogens is 216 g/mol. The average Bonchev–Trinajstić information content (AvgIpc) is 2.58. The minimum absolute atomic E-state index is 0.659. The lowest BCUT2D eigenvalue weighted by molar-refractivity contribution is 0.244. The first-order chi connectivity index (χ1) is 7.58. The maximum atomic E-state index is 3.21. The molecule has 0 aliphatic rings. The van der Waals surface area contributed by atoms with Gasteiger partial charge in [0.15, 0.2) is 0 Å². The molecule has 1 heterocycles. The Kier molecular flexibility index (Phi) is 5.46. The van der Waals surface area contributed by atoms with Gasteiger partial charge >= 0.3 is 0 Å². The van der Waals surface area contributed by atoms with Gasteiger partial charge in [-0.3, -0.25) is 4.90 Å². The van der Waals surface area contributed by atoms with Crippen LogP contribution in [0.15, 0.2) is 6.07 Å². The zero-order valence-corrected chi connectivity index (χ0v) is 11.9. The van der Waals surface area contributed by atoms with Gasteiger partial charge in [0.25, 0.3) is 0 Å². The van der Waals surface area contributed by atoms with Crippen molar-refractivity contribution in [3.8, 4) is 0 Å². The summed E-state index contributed by atoms with van der Waals surface area (Å²) in [6.45, 7) is 8.81. The Labute approximate surface area is 104 Å². The van der Waals surface area contributed by atoms with Gasteiger partial charge in [-0.05, 0) is 46.0 Å². The van der Waals surface area contributed by atoms with E-state index in [4.69, 9.17) is 0 Å². The summed E-state index contributed by atoms with van der Waals surface area (Å²) in [5, 5.41) is 3.21. The monoisotopic (exact) mass is 240 g/mol. The van der Waals surface area contributed by atoms with Crippen LogP contribution in [0.25, 0.3) is 0 Å².